The number of imide groups is 1. The molecule has 0 bridgehead atoms. The van der Waals surface area contributed by atoms with Crippen molar-refractivity contribution in [2.24, 2.45) is 0 Å². The van der Waals surface area contributed by atoms with Crippen molar-refractivity contribution in [2.45, 2.75) is 12.5 Å². The molecule has 7 heteroatoms. The first-order chi connectivity index (χ1) is 11.0. The number of halogens is 2. The maximum Gasteiger partial charge on any atom is 0.256 e. The Bertz CT molecular complexity index is 779. The van der Waals surface area contributed by atoms with Crippen molar-refractivity contribution < 1.29 is 19.1 Å². The molecule has 1 atom stereocenters. The molecule has 0 radical (unpaired) electrons. The van der Waals surface area contributed by atoms with Crippen LogP contribution in [-0.4, -0.2) is 23.0 Å². The maximum atomic E-state index is 13.2. The molecule has 0 spiro atoms. The van der Waals surface area contributed by atoms with Gasteiger partial charge in [0.05, 0.1) is 17.1 Å². The van der Waals surface area contributed by atoms with E-state index in [2.05, 4.69) is 5.32 Å². The number of hydrogen-bond donors (Lipinski definition) is 2. The molecule has 118 valence electrons. The van der Waals surface area contributed by atoms with Crippen molar-refractivity contribution in [3.05, 3.63) is 53.3 Å². The molecule has 0 aliphatic carbocycles. The number of amides is 2. The van der Waals surface area contributed by atoms with Crippen molar-refractivity contribution in [3.63, 3.8) is 0 Å². The van der Waals surface area contributed by atoms with Gasteiger partial charge in [0.25, 0.3) is 5.91 Å². The molecule has 0 aromatic heterocycles. The Hall–Kier alpha value is -2.60. The molecule has 23 heavy (non-hydrogen) atoms. The highest BCUT2D eigenvalue weighted by Crippen LogP contribution is 2.27. The van der Waals surface area contributed by atoms with Crippen molar-refractivity contribution >= 4 is 34.8 Å². The summed E-state index contributed by atoms with van der Waals surface area (Å²) in [5.74, 6) is -1.28. The van der Waals surface area contributed by atoms with E-state index in [1.807, 2.05) is 0 Å². The van der Waals surface area contributed by atoms with Gasteiger partial charge in [0, 0.05) is 5.69 Å². The van der Waals surface area contributed by atoms with Gasteiger partial charge in [-0.3, -0.25) is 9.59 Å². The third-order valence-corrected chi connectivity index (χ3v) is 3.80. The summed E-state index contributed by atoms with van der Waals surface area (Å²) in [6.07, 6.45) is -0.0191. The van der Waals surface area contributed by atoms with E-state index >= 15 is 0 Å². The molecular weight excluding hydrogens is 323 g/mol. The summed E-state index contributed by atoms with van der Waals surface area (Å²) < 4.78 is 13.2. The van der Waals surface area contributed by atoms with Crippen LogP contribution in [0.4, 0.5) is 15.8 Å². The number of anilines is 2. The predicted molar refractivity (Wildman–Crippen MR) is 84.0 cm³/mol. The van der Waals surface area contributed by atoms with Crippen LogP contribution in [0.15, 0.2) is 42.5 Å². The highest BCUT2D eigenvalue weighted by atomic mass is 35.5. The average molecular weight is 335 g/mol. The van der Waals surface area contributed by atoms with Gasteiger partial charge < -0.3 is 10.4 Å². The van der Waals surface area contributed by atoms with Crippen LogP contribution in [0.3, 0.4) is 0 Å². The van der Waals surface area contributed by atoms with Gasteiger partial charge in [-0.2, -0.15) is 0 Å². The Balaban J connectivity index is 1.80. The number of nitrogens with zero attached hydrogens (tertiary/aromatic N) is 1. The van der Waals surface area contributed by atoms with Crippen LogP contribution in [0, 0.1) is 5.82 Å². The smallest absolute Gasteiger partial charge is 0.256 e. The molecule has 1 aliphatic heterocycles. The summed E-state index contributed by atoms with van der Waals surface area (Å²) in [5.41, 5.74) is 0.842. The van der Waals surface area contributed by atoms with E-state index in [0.29, 0.717) is 11.4 Å². The van der Waals surface area contributed by atoms with Gasteiger partial charge in [-0.15, -0.1) is 0 Å². The lowest BCUT2D eigenvalue weighted by molar-refractivity contribution is -0.121. The molecule has 2 N–H and O–H groups in total. The number of hydrogen-bond acceptors (Lipinski definition) is 4. The molecule has 2 aromatic rings. The van der Waals surface area contributed by atoms with E-state index in [-0.39, 0.29) is 23.1 Å². The van der Waals surface area contributed by atoms with Crippen LogP contribution in [0.1, 0.15) is 6.42 Å². The number of carbonyl (C=O) groups is 2. The van der Waals surface area contributed by atoms with Gasteiger partial charge in [0.2, 0.25) is 5.91 Å². The Labute approximate surface area is 136 Å². The number of rotatable bonds is 3. The summed E-state index contributed by atoms with van der Waals surface area (Å²) in [6.45, 7) is 0. The normalized spacial score (nSPS) is 17.7. The Morgan fingerprint density at radius 3 is 2.52 bits per heavy atom. The topological polar surface area (TPSA) is 69.6 Å². The second-order valence-corrected chi connectivity index (χ2v) is 5.52. The zero-order valence-electron chi connectivity index (χ0n) is 11.8. The fourth-order valence-corrected chi connectivity index (χ4v) is 2.59. The maximum absolute atomic E-state index is 13.2. The standard InChI is InChI=1S/C16H12ClFN2O3/c17-12-7-9(1-6-13(12)18)19-14-8-15(22)20(16(14)23)10-2-4-11(21)5-3-10/h1-7,14,19,21H,8H2. The number of aromatic hydroxyl groups is 1. The van der Waals surface area contributed by atoms with Gasteiger partial charge in [-0.1, -0.05) is 11.6 Å². The summed E-state index contributed by atoms with van der Waals surface area (Å²) in [5, 5.41) is 12.1. The second kappa shape index (κ2) is 5.89. The van der Waals surface area contributed by atoms with Crippen molar-refractivity contribution in [1.29, 1.82) is 0 Å². The van der Waals surface area contributed by atoms with Gasteiger partial charge >= 0.3 is 0 Å². The largest absolute Gasteiger partial charge is 0.508 e. The van der Waals surface area contributed by atoms with E-state index in [9.17, 15) is 19.1 Å². The monoisotopic (exact) mass is 334 g/mol. The minimum atomic E-state index is -0.752. The molecule has 1 fully saturated rings. The molecule has 2 amide bonds. The minimum absolute atomic E-state index is 0.0191. The lowest BCUT2D eigenvalue weighted by Crippen LogP contribution is -2.34. The first-order valence-corrected chi connectivity index (χ1v) is 7.21. The van der Waals surface area contributed by atoms with Gasteiger partial charge in [-0.25, -0.2) is 9.29 Å². The minimum Gasteiger partial charge on any atom is -0.508 e. The molecular formula is C16H12ClFN2O3. The summed E-state index contributed by atoms with van der Waals surface area (Å²) in [4.78, 5) is 25.6. The molecule has 1 saturated heterocycles. The number of benzene rings is 2. The number of phenolic OH excluding ortho intramolecular Hbond substituents is 1. The van der Waals surface area contributed by atoms with E-state index in [0.717, 1.165) is 4.90 Å². The van der Waals surface area contributed by atoms with Gasteiger partial charge in [0.1, 0.15) is 17.6 Å². The number of nitrogens with one attached hydrogen (secondary N) is 1. The van der Waals surface area contributed by atoms with E-state index < -0.39 is 17.8 Å². The van der Waals surface area contributed by atoms with Gasteiger partial charge in [0.15, 0.2) is 0 Å². The lowest BCUT2D eigenvalue weighted by atomic mass is 10.2. The van der Waals surface area contributed by atoms with Crippen LogP contribution >= 0.6 is 11.6 Å². The third-order valence-electron chi connectivity index (χ3n) is 3.52. The van der Waals surface area contributed by atoms with Crippen molar-refractivity contribution in [3.8, 4) is 5.75 Å². The Morgan fingerprint density at radius 1 is 1.17 bits per heavy atom. The van der Waals surface area contributed by atoms with Crippen LogP contribution in [0.2, 0.25) is 5.02 Å². The van der Waals surface area contributed by atoms with E-state index in [1.165, 1.54) is 42.5 Å². The van der Waals surface area contributed by atoms with Crippen LogP contribution in [-0.2, 0) is 9.59 Å². The van der Waals surface area contributed by atoms with Crippen LogP contribution in [0.25, 0.3) is 0 Å². The summed E-state index contributed by atoms with van der Waals surface area (Å²) >= 11 is 5.70. The average Bonchev–Trinajstić information content (AvgIpc) is 2.79. The zero-order chi connectivity index (χ0) is 16.6. The highest BCUT2D eigenvalue weighted by Gasteiger charge is 2.39. The van der Waals surface area contributed by atoms with E-state index in [4.69, 9.17) is 11.6 Å². The molecule has 1 aliphatic rings. The molecule has 5 nitrogen and oxygen atoms in total. The quantitative estimate of drug-likeness (QED) is 0.847. The fourth-order valence-electron chi connectivity index (χ4n) is 2.40. The molecule has 1 heterocycles. The van der Waals surface area contributed by atoms with Gasteiger partial charge in [-0.05, 0) is 42.5 Å². The predicted octanol–water partition coefficient (Wildman–Crippen LogP) is 2.93. The molecule has 3 rings (SSSR count). The van der Waals surface area contributed by atoms with Crippen molar-refractivity contribution in [1.82, 2.24) is 0 Å². The molecule has 1 unspecified atom stereocenters. The summed E-state index contributed by atoms with van der Waals surface area (Å²) in [7, 11) is 0. The van der Waals surface area contributed by atoms with Crippen molar-refractivity contribution in [2.75, 3.05) is 10.2 Å². The zero-order valence-corrected chi connectivity index (χ0v) is 12.5. The highest BCUT2D eigenvalue weighted by molar-refractivity contribution is 6.31. The SMILES string of the molecule is O=C1CC(Nc2ccc(F)c(Cl)c2)C(=O)N1c1ccc(O)cc1. The third kappa shape index (κ3) is 2.98. The fraction of sp³-hybridized carbons (Fsp3) is 0.125. The Morgan fingerprint density at radius 2 is 1.87 bits per heavy atom. The number of carbonyl (C=O) groups excluding carboxylic acids is 2. The van der Waals surface area contributed by atoms with Crippen LogP contribution < -0.4 is 10.2 Å². The molecule has 0 saturated carbocycles. The summed E-state index contributed by atoms with van der Waals surface area (Å²) in [6, 6.07) is 9.01. The van der Waals surface area contributed by atoms with E-state index in [1.54, 1.807) is 0 Å². The number of phenols is 1. The molecule has 2 aromatic carbocycles. The lowest BCUT2D eigenvalue weighted by Gasteiger charge is -2.16. The Kier molecular flexibility index (Phi) is 3.92. The first kappa shape index (κ1) is 15.3. The first-order valence-electron chi connectivity index (χ1n) is 6.83. The van der Waals surface area contributed by atoms with Crippen LogP contribution in [0.5, 0.6) is 5.75 Å². The second-order valence-electron chi connectivity index (χ2n) is 5.11.